The maximum absolute atomic E-state index is 12.7. The fraction of sp³-hybridized carbons (Fsp3) is 0.632. The molecule has 0 aliphatic carbocycles. The number of carbonyl (C=O) groups is 2. The Morgan fingerprint density at radius 2 is 2.16 bits per heavy atom. The number of hydrogen-bond donors (Lipinski definition) is 0. The molecule has 3 heterocycles. The molecule has 1 atom stereocenters. The summed E-state index contributed by atoms with van der Waals surface area (Å²) < 4.78 is 5.65. The van der Waals surface area contributed by atoms with Crippen LogP contribution in [0.1, 0.15) is 31.5 Å². The Labute approximate surface area is 149 Å². The van der Waals surface area contributed by atoms with Crippen LogP contribution in [0.3, 0.4) is 0 Å². The second-order valence-electron chi connectivity index (χ2n) is 7.66. The van der Waals surface area contributed by atoms with Crippen molar-refractivity contribution in [3.05, 3.63) is 29.6 Å². The zero-order valence-electron chi connectivity index (χ0n) is 15.3. The van der Waals surface area contributed by atoms with Crippen molar-refractivity contribution in [2.24, 2.45) is 5.41 Å². The fourth-order valence-corrected chi connectivity index (χ4v) is 3.69. The maximum Gasteiger partial charge on any atom is 0.248 e. The Kier molecular flexibility index (Phi) is 5.08. The molecule has 1 spiro atoms. The number of nitrogens with zero attached hydrogens (tertiary/aromatic N) is 3. The highest BCUT2D eigenvalue weighted by atomic mass is 16.5. The highest BCUT2D eigenvalue weighted by Crippen LogP contribution is 2.34. The molecule has 0 aromatic carbocycles. The molecule has 2 fully saturated rings. The molecule has 1 aromatic rings. The van der Waals surface area contributed by atoms with Crippen LogP contribution in [0.2, 0.25) is 0 Å². The predicted octanol–water partition coefficient (Wildman–Crippen LogP) is 1.42. The van der Waals surface area contributed by atoms with E-state index >= 15 is 0 Å². The van der Waals surface area contributed by atoms with E-state index in [1.807, 2.05) is 42.7 Å². The van der Waals surface area contributed by atoms with Gasteiger partial charge in [0.1, 0.15) is 6.61 Å². The minimum Gasteiger partial charge on any atom is -0.371 e. The summed E-state index contributed by atoms with van der Waals surface area (Å²) in [6, 6.07) is 4.04. The van der Waals surface area contributed by atoms with Crippen molar-refractivity contribution >= 4 is 11.8 Å². The van der Waals surface area contributed by atoms with Crippen LogP contribution in [0.4, 0.5) is 0 Å². The van der Waals surface area contributed by atoms with E-state index in [-0.39, 0.29) is 29.9 Å². The number of aromatic nitrogens is 1. The van der Waals surface area contributed by atoms with Crippen LogP contribution in [-0.2, 0) is 20.7 Å². The van der Waals surface area contributed by atoms with Crippen molar-refractivity contribution < 1.29 is 14.3 Å². The van der Waals surface area contributed by atoms with E-state index in [0.717, 1.165) is 24.2 Å². The van der Waals surface area contributed by atoms with E-state index in [9.17, 15) is 9.59 Å². The van der Waals surface area contributed by atoms with Gasteiger partial charge in [0.15, 0.2) is 0 Å². The van der Waals surface area contributed by atoms with Gasteiger partial charge in [0.25, 0.3) is 0 Å². The average molecular weight is 345 g/mol. The second-order valence-corrected chi connectivity index (χ2v) is 7.66. The molecule has 3 rings (SSSR count). The molecule has 1 unspecified atom stereocenters. The molecule has 2 saturated heterocycles. The Balaban J connectivity index is 1.66. The highest BCUT2D eigenvalue weighted by Gasteiger charge is 2.44. The van der Waals surface area contributed by atoms with Crippen LogP contribution < -0.4 is 0 Å². The van der Waals surface area contributed by atoms with Gasteiger partial charge in [0, 0.05) is 43.0 Å². The smallest absolute Gasteiger partial charge is 0.248 e. The van der Waals surface area contributed by atoms with Gasteiger partial charge < -0.3 is 14.5 Å². The number of ether oxygens (including phenoxy) is 1. The van der Waals surface area contributed by atoms with Gasteiger partial charge in [-0.25, -0.2) is 0 Å². The Bertz CT molecular complexity index is 644. The zero-order chi connectivity index (χ0) is 18.0. The number of carbonyl (C=O) groups excluding carboxylic acids is 2. The summed E-state index contributed by atoms with van der Waals surface area (Å²) in [7, 11) is 0. The summed E-state index contributed by atoms with van der Waals surface area (Å²) in [6.07, 6.45) is 3.02. The molecule has 25 heavy (non-hydrogen) atoms. The van der Waals surface area contributed by atoms with E-state index in [1.165, 1.54) is 0 Å². The van der Waals surface area contributed by atoms with E-state index in [1.54, 1.807) is 6.20 Å². The fourth-order valence-electron chi connectivity index (χ4n) is 3.69. The summed E-state index contributed by atoms with van der Waals surface area (Å²) in [5, 5.41) is 0. The van der Waals surface area contributed by atoms with Gasteiger partial charge in [-0.2, -0.15) is 0 Å². The summed E-state index contributed by atoms with van der Waals surface area (Å²) in [6.45, 7) is 8.71. The Hall–Kier alpha value is -1.95. The topological polar surface area (TPSA) is 62.7 Å². The lowest BCUT2D eigenvalue weighted by Crippen LogP contribution is -2.46. The first-order valence-corrected chi connectivity index (χ1v) is 8.95. The molecule has 0 N–H and O–H groups in total. The number of aryl methyl sites for hydroxylation is 1. The van der Waals surface area contributed by atoms with Gasteiger partial charge in [-0.05, 0) is 38.8 Å². The third-order valence-electron chi connectivity index (χ3n) is 5.20. The predicted molar refractivity (Wildman–Crippen MR) is 94.0 cm³/mol. The van der Waals surface area contributed by atoms with Crippen molar-refractivity contribution in [3.63, 3.8) is 0 Å². The van der Waals surface area contributed by atoms with E-state index in [0.29, 0.717) is 26.1 Å². The summed E-state index contributed by atoms with van der Waals surface area (Å²) >= 11 is 0. The first-order valence-electron chi connectivity index (χ1n) is 8.95. The van der Waals surface area contributed by atoms with Crippen LogP contribution in [-0.4, -0.2) is 65.5 Å². The normalized spacial score (nSPS) is 24.2. The van der Waals surface area contributed by atoms with Crippen molar-refractivity contribution in [2.45, 2.75) is 39.7 Å². The SMILES string of the molecule is Cc1ccc(CC(=O)N2CCC3(COCC(=O)N(C(C)C)C3)C2)cn1. The first kappa shape index (κ1) is 17.9. The third-order valence-corrected chi connectivity index (χ3v) is 5.20. The van der Waals surface area contributed by atoms with Crippen molar-refractivity contribution in [1.82, 2.24) is 14.8 Å². The minimum atomic E-state index is -0.141. The zero-order valence-corrected chi connectivity index (χ0v) is 15.3. The molecule has 1 aromatic heterocycles. The number of likely N-dealkylation sites (tertiary alicyclic amines) is 1. The number of pyridine rings is 1. The molecular formula is C19H27N3O3. The van der Waals surface area contributed by atoms with Gasteiger partial charge >= 0.3 is 0 Å². The lowest BCUT2D eigenvalue weighted by atomic mass is 9.87. The molecule has 6 nitrogen and oxygen atoms in total. The molecule has 136 valence electrons. The molecule has 0 bridgehead atoms. The Morgan fingerprint density at radius 1 is 1.36 bits per heavy atom. The van der Waals surface area contributed by atoms with Crippen molar-refractivity contribution in [1.29, 1.82) is 0 Å². The second kappa shape index (κ2) is 7.12. The molecular weight excluding hydrogens is 318 g/mol. The number of rotatable bonds is 3. The van der Waals surface area contributed by atoms with Gasteiger partial charge in [-0.3, -0.25) is 14.6 Å². The molecule has 0 saturated carbocycles. The third kappa shape index (κ3) is 4.00. The summed E-state index contributed by atoms with van der Waals surface area (Å²) in [5.74, 6) is 0.163. The van der Waals surface area contributed by atoms with Crippen LogP contribution in [0.25, 0.3) is 0 Å². The maximum atomic E-state index is 12.7. The lowest BCUT2D eigenvalue weighted by molar-refractivity contribution is -0.135. The van der Waals surface area contributed by atoms with Crippen LogP contribution >= 0.6 is 0 Å². The van der Waals surface area contributed by atoms with Gasteiger partial charge in [0.05, 0.1) is 13.0 Å². The van der Waals surface area contributed by atoms with Crippen molar-refractivity contribution in [2.75, 3.05) is 32.8 Å². The van der Waals surface area contributed by atoms with Crippen LogP contribution in [0, 0.1) is 12.3 Å². The Morgan fingerprint density at radius 3 is 2.84 bits per heavy atom. The molecule has 0 radical (unpaired) electrons. The number of amides is 2. The minimum absolute atomic E-state index is 0.0439. The standard InChI is InChI=1S/C19H27N3O3/c1-14(2)22-12-19(13-25-10-18(22)24)6-7-21(11-19)17(23)8-16-5-4-15(3)20-9-16/h4-5,9,14H,6-8,10-13H2,1-3H3. The van der Waals surface area contributed by atoms with Gasteiger partial charge in [-0.1, -0.05) is 6.07 Å². The van der Waals surface area contributed by atoms with Crippen LogP contribution in [0.15, 0.2) is 18.3 Å². The quantitative estimate of drug-likeness (QED) is 0.831. The molecule has 6 heteroatoms. The first-order chi connectivity index (χ1) is 11.9. The van der Waals surface area contributed by atoms with Gasteiger partial charge in [-0.15, -0.1) is 0 Å². The van der Waals surface area contributed by atoms with Crippen LogP contribution in [0.5, 0.6) is 0 Å². The average Bonchev–Trinajstić information content (AvgIpc) is 2.91. The van der Waals surface area contributed by atoms with E-state index in [2.05, 4.69) is 4.98 Å². The highest BCUT2D eigenvalue weighted by molar-refractivity contribution is 5.79. The van der Waals surface area contributed by atoms with Gasteiger partial charge in [0.2, 0.25) is 11.8 Å². The molecule has 2 amide bonds. The largest absolute Gasteiger partial charge is 0.371 e. The van der Waals surface area contributed by atoms with E-state index < -0.39 is 0 Å². The van der Waals surface area contributed by atoms with E-state index in [4.69, 9.17) is 4.74 Å². The lowest BCUT2D eigenvalue weighted by Gasteiger charge is -2.34. The molecule has 2 aliphatic rings. The van der Waals surface area contributed by atoms with Crippen molar-refractivity contribution in [3.8, 4) is 0 Å². The summed E-state index contributed by atoms with van der Waals surface area (Å²) in [5.41, 5.74) is 1.75. The molecule has 2 aliphatic heterocycles. The monoisotopic (exact) mass is 345 g/mol. The summed E-state index contributed by atoms with van der Waals surface area (Å²) in [4.78, 5) is 32.9. The number of hydrogen-bond acceptors (Lipinski definition) is 4.